The fourth-order valence-electron chi connectivity index (χ4n) is 3.97. The molecule has 0 atom stereocenters. The van der Waals surface area contributed by atoms with Gasteiger partial charge in [-0.3, -0.25) is 0 Å². The molecule has 0 saturated carbocycles. The predicted molar refractivity (Wildman–Crippen MR) is 136 cm³/mol. The number of rotatable bonds is 9. The molecule has 0 amide bonds. The summed E-state index contributed by atoms with van der Waals surface area (Å²) in [5, 5.41) is 19.6. The Labute approximate surface area is 233 Å². The van der Waals surface area contributed by atoms with Crippen LogP contribution < -0.4 is 9.47 Å². The van der Waals surface area contributed by atoms with Crippen LogP contribution in [0.4, 0.5) is 35.1 Å². The zero-order valence-corrected chi connectivity index (χ0v) is 21.2. The van der Waals surface area contributed by atoms with E-state index in [2.05, 4.69) is 13.2 Å². The first-order valence-electron chi connectivity index (χ1n) is 11.8. The molecule has 0 radical (unpaired) electrons. The highest BCUT2D eigenvalue weighted by molar-refractivity contribution is 5.69. The van der Waals surface area contributed by atoms with Gasteiger partial charge in [0, 0.05) is 11.1 Å². The van der Waals surface area contributed by atoms with E-state index >= 15 is 17.6 Å². The van der Waals surface area contributed by atoms with Gasteiger partial charge in [-0.2, -0.15) is 17.6 Å². The van der Waals surface area contributed by atoms with E-state index in [0.29, 0.717) is 0 Å². The van der Waals surface area contributed by atoms with Crippen LogP contribution in [0.5, 0.6) is 34.5 Å². The summed E-state index contributed by atoms with van der Waals surface area (Å²) in [7, 11) is 0. The normalized spacial score (nSPS) is 11.0. The molecule has 4 aromatic rings. The molecule has 2 N–H and O–H groups in total. The van der Waals surface area contributed by atoms with Gasteiger partial charge in [0.1, 0.15) is 23.0 Å². The smallest absolute Gasteiger partial charge is 0.205 e. The second-order valence-electron chi connectivity index (χ2n) is 8.69. The molecule has 0 fully saturated rings. The van der Waals surface area contributed by atoms with Gasteiger partial charge in [-0.15, -0.1) is 13.2 Å². The van der Waals surface area contributed by atoms with E-state index in [1.165, 1.54) is 12.2 Å². The Morgan fingerprint density at radius 3 is 1.12 bits per heavy atom. The summed E-state index contributed by atoms with van der Waals surface area (Å²) in [6, 6.07) is 6.28. The second kappa shape index (κ2) is 11.9. The SMILES string of the molecule is C=CCc1cc(Oc2c(F)c(F)c(-c3c(F)c(F)c(Oc4ccc(O)c(CC=C)c4)c(F)c3F)c(F)c2F)ccc1O. The Balaban J connectivity index is 1.81. The number of phenols is 2. The molecule has 4 rings (SSSR count). The monoisotopic (exact) mass is 594 g/mol. The van der Waals surface area contributed by atoms with Crippen molar-refractivity contribution in [1.29, 1.82) is 0 Å². The van der Waals surface area contributed by atoms with Gasteiger partial charge in [-0.25, -0.2) is 17.6 Å². The Morgan fingerprint density at radius 1 is 0.524 bits per heavy atom. The van der Waals surface area contributed by atoms with Gasteiger partial charge in [-0.1, -0.05) is 12.2 Å². The number of halogens is 8. The maximum Gasteiger partial charge on any atom is 0.205 e. The standard InChI is InChI=1S/C30H18F8O4/c1-3-5-13-11-15(7-9-17(13)39)41-29-25(35)21(31)19(22(32)26(29)36)20-23(33)27(37)30(28(38)24(20)34)42-16-8-10-18(40)14(12-16)6-4-2/h3-4,7-12,39-40H,1-2,5-6H2. The third-order valence-corrected chi connectivity index (χ3v) is 5.97. The quantitative estimate of drug-likeness (QED) is 0.115. The zero-order chi connectivity index (χ0) is 30.9. The number of hydrogen-bond acceptors (Lipinski definition) is 4. The summed E-state index contributed by atoms with van der Waals surface area (Å²) in [4.78, 5) is 0. The summed E-state index contributed by atoms with van der Waals surface area (Å²) in [6.07, 6.45) is 2.90. The van der Waals surface area contributed by atoms with Crippen molar-refractivity contribution >= 4 is 0 Å². The van der Waals surface area contributed by atoms with E-state index in [0.717, 1.165) is 36.4 Å². The second-order valence-corrected chi connectivity index (χ2v) is 8.69. The molecule has 218 valence electrons. The van der Waals surface area contributed by atoms with Crippen LogP contribution in [0.1, 0.15) is 11.1 Å². The van der Waals surface area contributed by atoms with E-state index in [1.54, 1.807) is 0 Å². The third kappa shape index (κ3) is 5.35. The summed E-state index contributed by atoms with van der Waals surface area (Å²) >= 11 is 0. The average molecular weight is 594 g/mol. The summed E-state index contributed by atoms with van der Waals surface area (Å²) < 4.78 is 130. The van der Waals surface area contributed by atoms with Crippen LogP contribution in [-0.4, -0.2) is 10.2 Å². The topological polar surface area (TPSA) is 58.9 Å². The molecule has 0 spiro atoms. The van der Waals surface area contributed by atoms with Crippen molar-refractivity contribution < 1.29 is 54.8 Å². The fraction of sp³-hybridized carbons (Fsp3) is 0.0667. The van der Waals surface area contributed by atoms with Gasteiger partial charge < -0.3 is 19.7 Å². The van der Waals surface area contributed by atoms with Crippen LogP contribution in [0.25, 0.3) is 11.1 Å². The van der Waals surface area contributed by atoms with Crippen LogP contribution in [0, 0.1) is 46.5 Å². The predicted octanol–water partition coefficient (Wildman–Crippen LogP) is 8.92. The molecule has 12 heteroatoms. The minimum Gasteiger partial charge on any atom is -0.508 e. The van der Waals surface area contributed by atoms with E-state index in [9.17, 15) is 27.8 Å². The number of ether oxygens (including phenoxy) is 2. The molecule has 4 aromatic carbocycles. The van der Waals surface area contributed by atoms with Crippen LogP contribution in [-0.2, 0) is 12.8 Å². The molecule has 0 aromatic heterocycles. The number of aromatic hydroxyl groups is 2. The van der Waals surface area contributed by atoms with Crippen molar-refractivity contribution in [2.75, 3.05) is 0 Å². The third-order valence-electron chi connectivity index (χ3n) is 5.97. The highest BCUT2D eigenvalue weighted by Gasteiger charge is 2.35. The first-order chi connectivity index (χ1) is 19.9. The maximum atomic E-state index is 15.0. The number of benzene rings is 4. The van der Waals surface area contributed by atoms with Crippen molar-refractivity contribution in [3.63, 3.8) is 0 Å². The minimum absolute atomic E-state index is 0.0772. The molecule has 0 aliphatic rings. The van der Waals surface area contributed by atoms with Crippen LogP contribution in [0.2, 0.25) is 0 Å². The molecule has 4 nitrogen and oxygen atoms in total. The lowest BCUT2D eigenvalue weighted by Crippen LogP contribution is -2.09. The largest absolute Gasteiger partial charge is 0.508 e. The molecule has 0 saturated heterocycles. The maximum absolute atomic E-state index is 15.0. The van der Waals surface area contributed by atoms with Gasteiger partial charge in [0.2, 0.25) is 34.8 Å². The minimum atomic E-state index is -2.42. The molecule has 0 heterocycles. The van der Waals surface area contributed by atoms with Crippen molar-refractivity contribution in [3.8, 4) is 45.6 Å². The van der Waals surface area contributed by atoms with Crippen LogP contribution >= 0.6 is 0 Å². The van der Waals surface area contributed by atoms with E-state index in [-0.39, 0.29) is 35.5 Å². The van der Waals surface area contributed by atoms with Gasteiger partial charge in [0.15, 0.2) is 23.3 Å². The number of allylic oxidation sites excluding steroid dienone is 2. The Kier molecular flexibility index (Phi) is 8.46. The van der Waals surface area contributed by atoms with E-state index < -0.39 is 80.7 Å². The van der Waals surface area contributed by atoms with E-state index in [1.807, 2.05) is 0 Å². The fourth-order valence-corrected chi connectivity index (χ4v) is 3.97. The van der Waals surface area contributed by atoms with Gasteiger partial charge in [0.25, 0.3) is 0 Å². The van der Waals surface area contributed by atoms with E-state index in [4.69, 9.17) is 9.47 Å². The van der Waals surface area contributed by atoms with Crippen LogP contribution in [0.3, 0.4) is 0 Å². The lowest BCUT2D eigenvalue weighted by atomic mass is 10.0. The van der Waals surface area contributed by atoms with Crippen molar-refractivity contribution in [3.05, 3.63) is 119 Å². The Morgan fingerprint density at radius 2 is 0.833 bits per heavy atom. The van der Waals surface area contributed by atoms with Gasteiger partial charge in [0.05, 0.1) is 11.1 Å². The molecule has 0 aliphatic heterocycles. The zero-order valence-electron chi connectivity index (χ0n) is 21.2. The molecular formula is C30H18F8O4. The average Bonchev–Trinajstić information content (AvgIpc) is 2.96. The summed E-state index contributed by atoms with van der Waals surface area (Å²) in [6.45, 7) is 6.92. The number of phenolic OH excluding ortho intramolecular Hbond substituents is 2. The lowest BCUT2D eigenvalue weighted by molar-refractivity contribution is 0.359. The highest BCUT2D eigenvalue weighted by atomic mass is 19.2. The lowest BCUT2D eigenvalue weighted by Gasteiger charge is -2.17. The first-order valence-corrected chi connectivity index (χ1v) is 11.8. The molecular weight excluding hydrogens is 576 g/mol. The van der Waals surface area contributed by atoms with Gasteiger partial charge >= 0.3 is 0 Å². The van der Waals surface area contributed by atoms with Crippen molar-refractivity contribution in [2.45, 2.75) is 12.8 Å². The molecule has 0 bridgehead atoms. The highest BCUT2D eigenvalue weighted by Crippen LogP contribution is 2.43. The molecule has 0 aliphatic carbocycles. The van der Waals surface area contributed by atoms with Crippen molar-refractivity contribution in [2.24, 2.45) is 0 Å². The first kappa shape index (κ1) is 30.0. The molecule has 0 unspecified atom stereocenters. The molecule has 42 heavy (non-hydrogen) atoms. The summed E-state index contributed by atoms with van der Waals surface area (Å²) in [5.74, 6) is -23.4. The van der Waals surface area contributed by atoms with Gasteiger partial charge in [-0.05, 0) is 49.2 Å². The Hall–Kier alpha value is -5.00. The van der Waals surface area contributed by atoms with Crippen molar-refractivity contribution in [1.82, 2.24) is 0 Å². The van der Waals surface area contributed by atoms with Crippen LogP contribution in [0.15, 0.2) is 61.7 Å². The number of hydrogen-bond donors (Lipinski definition) is 2. The Bertz CT molecular complexity index is 1550. The summed E-state index contributed by atoms with van der Waals surface area (Å²) in [5.41, 5.74) is -3.84.